The fourth-order valence-electron chi connectivity index (χ4n) is 6.14. The normalized spacial score (nSPS) is 11.4. The summed E-state index contributed by atoms with van der Waals surface area (Å²) in [7, 11) is 0. The van der Waals surface area contributed by atoms with Crippen LogP contribution < -0.4 is 9.47 Å². The summed E-state index contributed by atoms with van der Waals surface area (Å²) in [6, 6.07) is 36.0. The molecule has 0 aliphatic rings. The molecule has 5 aromatic rings. The van der Waals surface area contributed by atoms with Crippen molar-refractivity contribution in [2.24, 2.45) is 0 Å². The number of benzene rings is 4. The van der Waals surface area contributed by atoms with Gasteiger partial charge in [-0.05, 0) is 88.7 Å². The molecule has 0 bridgehead atoms. The minimum Gasteiger partial charge on any atom is -0.494 e. The van der Waals surface area contributed by atoms with Gasteiger partial charge in [-0.3, -0.25) is 0 Å². The largest absolute Gasteiger partial charge is 0.494 e. The molecule has 4 nitrogen and oxygen atoms in total. The van der Waals surface area contributed by atoms with E-state index in [9.17, 15) is 0 Å². The molecule has 0 N–H and O–H groups in total. The second-order valence-electron chi connectivity index (χ2n) is 13.6. The first-order valence-corrected chi connectivity index (χ1v) is 19.5. The zero-order valence-corrected chi connectivity index (χ0v) is 31.3. The third-order valence-electron chi connectivity index (χ3n) is 9.33. The summed E-state index contributed by atoms with van der Waals surface area (Å²) < 4.78 is 11.9. The molecule has 52 heavy (non-hydrogen) atoms. The Kier molecular flexibility index (Phi) is 16.3. The van der Waals surface area contributed by atoms with Crippen molar-refractivity contribution in [3.63, 3.8) is 0 Å². The third-order valence-corrected chi connectivity index (χ3v) is 9.33. The van der Waals surface area contributed by atoms with Crippen LogP contribution in [0.3, 0.4) is 0 Å². The second kappa shape index (κ2) is 22.1. The zero-order chi connectivity index (χ0) is 36.1. The predicted molar refractivity (Wildman–Crippen MR) is 221 cm³/mol. The summed E-state index contributed by atoms with van der Waals surface area (Å²) in [5.41, 5.74) is 8.70. The Labute approximate surface area is 312 Å². The molecule has 0 saturated heterocycles. The molecule has 0 fully saturated rings. The van der Waals surface area contributed by atoms with Crippen LogP contribution in [-0.4, -0.2) is 23.2 Å². The van der Waals surface area contributed by atoms with E-state index in [2.05, 4.69) is 133 Å². The van der Waals surface area contributed by atoms with Crippen LogP contribution in [-0.2, 0) is 0 Å². The van der Waals surface area contributed by atoms with Crippen LogP contribution in [0.15, 0.2) is 109 Å². The molecule has 5 rings (SSSR count). The van der Waals surface area contributed by atoms with E-state index in [0.29, 0.717) is 0 Å². The van der Waals surface area contributed by atoms with E-state index in [1.165, 1.54) is 86.5 Å². The Morgan fingerprint density at radius 2 is 0.750 bits per heavy atom. The number of unbranched alkanes of at least 4 members (excludes halogenated alkanes) is 10. The van der Waals surface area contributed by atoms with Crippen molar-refractivity contribution in [2.45, 2.75) is 90.9 Å². The molecule has 0 saturated carbocycles. The first kappa shape index (κ1) is 38.3. The number of ether oxygens (including phenoxy) is 2. The summed E-state index contributed by atoms with van der Waals surface area (Å²) in [5.74, 6) is 1.88. The maximum absolute atomic E-state index is 5.96. The first-order valence-electron chi connectivity index (χ1n) is 19.5. The van der Waals surface area contributed by atoms with Gasteiger partial charge in [0.1, 0.15) is 17.8 Å². The molecule has 0 amide bonds. The summed E-state index contributed by atoms with van der Waals surface area (Å²) in [6.07, 6.45) is 25.1. The van der Waals surface area contributed by atoms with Gasteiger partial charge in [0.05, 0.1) is 24.6 Å². The van der Waals surface area contributed by atoms with E-state index in [0.717, 1.165) is 60.1 Å². The van der Waals surface area contributed by atoms with E-state index in [-0.39, 0.29) is 0 Å². The Bertz CT molecular complexity index is 1640. The average molecular weight is 693 g/mol. The fraction of sp³-hybridized carbons (Fsp3) is 0.333. The summed E-state index contributed by atoms with van der Waals surface area (Å²) in [6.45, 7) is 6.08. The van der Waals surface area contributed by atoms with Gasteiger partial charge in [0, 0.05) is 0 Å². The molecule has 0 radical (unpaired) electrons. The topological polar surface area (TPSA) is 44.2 Å². The van der Waals surface area contributed by atoms with Gasteiger partial charge >= 0.3 is 0 Å². The van der Waals surface area contributed by atoms with E-state index in [4.69, 9.17) is 9.47 Å². The van der Waals surface area contributed by atoms with E-state index in [1.807, 2.05) is 18.2 Å². The fourth-order valence-corrected chi connectivity index (χ4v) is 6.14. The summed E-state index contributed by atoms with van der Waals surface area (Å²) in [4.78, 5) is 8.92. The number of hydrogen-bond acceptors (Lipinski definition) is 4. The Balaban J connectivity index is 1.07. The lowest BCUT2D eigenvalue weighted by molar-refractivity contribution is 0.304. The number of rotatable bonds is 22. The van der Waals surface area contributed by atoms with Crippen LogP contribution in [0, 0.1) is 0 Å². The number of aromatic nitrogens is 2. The smallest absolute Gasteiger partial charge is 0.119 e. The lowest BCUT2D eigenvalue weighted by atomic mass is 10.0. The lowest BCUT2D eigenvalue weighted by Crippen LogP contribution is -1.97. The maximum Gasteiger partial charge on any atom is 0.119 e. The van der Waals surface area contributed by atoms with Gasteiger partial charge in [-0.1, -0.05) is 163 Å². The van der Waals surface area contributed by atoms with Crippen molar-refractivity contribution in [3.05, 3.63) is 132 Å². The molecule has 1 heterocycles. The van der Waals surface area contributed by atoms with Crippen molar-refractivity contribution < 1.29 is 9.47 Å². The zero-order valence-electron chi connectivity index (χ0n) is 31.3. The third kappa shape index (κ3) is 13.3. The van der Waals surface area contributed by atoms with Gasteiger partial charge in [0.25, 0.3) is 0 Å². The number of hydrogen-bond donors (Lipinski definition) is 0. The van der Waals surface area contributed by atoms with Crippen molar-refractivity contribution in [3.8, 4) is 33.8 Å². The van der Waals surface area contributed by atoms with Gasteiger partial charge in [-0.15, -0.1) is 0 Å². The van der Waals surface area contributed by atoms with Crippen molar-refractivity contribution in [2.75, 3.05) is 13.2 Å². The SMILES string of the molecule is CCCCCCCCOc1ccc(-c2ccc(/C=C/c3cc(/C=C/c4ccc(-c5ccc(OCCCCCCCC)cc5)cc4)ncn3)cc2)cc1. The van der Waals surface area contributed by atoms with Crippen LogP contribution in [0.1, 0.15) is 113 Å². The highest BCUT2D eigenvalue weighted by molar-refractivity contribution is 5.74. The van der Waals surface area contributed by atoms with Crippen LogP contribution in [0.4, 0.5) is 0 Å². The van der Waals surface area contributed by atoms with Gasteiger partial charge in [-0.25, -0.2) is 9.97 Å². The Morgan fingerprint density at radius 3 is 1.13 bits per heavy atom. The van der Waals surface area contributed by atoms with E-state index >= 15 is 0 Å². The minimum atomic E-state index is 0.788. The van der Waals surface area contributed by atoms with Gasteiger partial charge in [0.2, 0.25) is 0 Å². The van der Waals surface area contributed by atoms with Crippen molar-refractivity contribution in [1.29, 1.82) is 0 Å². The molecular weight excluding hydrogens is 637 g/mol. The van der Waals surface area contributed by atoms with Gasteiger partial charge in [-0.2, -0.15) is 0 Å². The molecule has 0 unspecified atom stereocenters. The lowest BCUT2D eigenvalue weighted by Gasteiger charge is -2.08. The highest BCUT2D eigenvalue weighted by atomic mass is 16.5. The second-order valence-corrected chi connectivity index (χ2v) is 13.6. The van der Waals surface area contributed by atoms with Crippen molar-refractivity contribution >= 4 is 24.3 Å². The molecule has 0 aliphatic carbocycles. The van der Waals surface area contributed by atoms with Gasteiger partial charge < -0.3 is 9.47 Å². The maximum atomic E-state index is 5.96. The predicted octanol–water partition coefficient (Wildman–Crippen LogP) is 13.6. The monoisotopic (exact) mass is 692 g/mol. The highest BCUT2D eigenvalue weighted by Crippen LogP contribution is 2.25. The standard InChI is InChI=1S/C48H56N2O2/c1-3-5-7-9-11-13-35-51-47-31-25-43(26-32-47)41-21-15-39(16-22-41)19-29-45-37-46(50-38-49-45)30-20-40-17-23-42(24-18-40)44-27-33-48(34-28-44)52-36-14-12-10-8-6-4-2/h15-34,37-38H,3-14,35-36H2,1-2H3/b29-19+,30-20+. The molecule has 0 spiro atoms. The quantitative estimate of drug-likeness (QED) is 0.0677. The molecule has 4 aromatic carbocycles. The minimum absolute atomic E-state index is 0.788. The van der Waals surface area contributed by atoms with Crippen molar-refractivity contribution in [1.82, 2.24) is 9.97 Å². The van der Waals surface area contributed by atoms with Crippen LogP contribution in [0.25, 0.3) is 46.6 Å². The van der Waals surface area contributed by atoms with Gasteiger partial charge in [0.15, 0.2) is 0 Å². The van der Waals surface area contributed by atoms with E-state index in [1.54, 1.807) is 6.33 Å². The molecule has 0 atom stereocenters. The molecule has 1 aromatic heterocycles. The summed E-state index contributed by atoms with van der Waals surface area (Å²) in [5, 5.41) is 0. The Hall–Kier alpha value is -4.96. The average Bonchev–Trinajstić information content (AvgIpc) is 3.20. The molecule has 4 heteroatoms. The van der Waals surface area contributed by atoms with Crippen LogP contribution in [0.2, 0.25) is 0 Å². The van der Waals surface area contributed by atoms with E-state index < -0.39 is 0 Å². The highest BCUT2D eigenvalue weighted by Gasteiger charge is 2.02. The molecule has 270 valence electrons. The first-order chi connectivity index (χ1) is 25.7. The molecule has 0 aliphatic heterocycles. The Morgan fingerprint density at radius 1 is 0.404 bits per heavy atom. The number of nitrogens with zero attached hydrogens (tertiary/aromatic N) is 2. The molecular formula is C48H56N2O2. The van der Waals surface area contributed by atoms with Crippen LogP contribution >= 0.6 is 0 Å². The van der Waals surface area contributed by atoms with Crippen LogP contribution in [0.5, 0.6) is 11.5 Å². The summed E-state index contributed by atoms with van der Waals surface area (Å²) >= 11 is 0.